The second-order valence-electron chi connectivity index (χ2n) is 5.47. The van der Waals surface area contributed by atoms with Crippen LogP contribution in [0.2, 0.25) is 0 Å². The molecule has 0 aliphatic heterocycles. The highest BCUT2D eigenvalue weighted by Crippen LogP contribution is 2.30. The van der Waals surface area contributed by atoms with Gasteiger partial charge in [-0.15, -0.1) is 11.3 Å². The Morgan fingerprint density at radius 2 is 1.92 bits per heavy atom. The molecule has 0 spiro atoms. The minimum absolute atomic E-state index is 0.0641. The Morgan fingerprint density at radius 1 is 1.20 bits per heavy atom. The minimum atomic E-state index is -0.281. The van der Waals surface area contributed by atoms with Crippen LogP contribution in [0.25, 0.3) is 11.3 Å². The van der Waals surface area contributed by atoms with Crippen molar-refractivity contribution in [1.82, 2.24) is 10.3 Å². The predicted molar refractivity (Wildman–Crippen MR) is 101 cm³/mol. The van der Waals surface area contributed by atoms with E-state index in [1.807, 2.05) is 42.6 Å². The van der Waals surface area contributed by atoms with Crippen molar-refractivity contribution >= 4 is 29.0 Å². The molecule has 0 fully saturated rings. The van der Waals surface area contributed by atoms with Crippen LogP contribution in [0, 0.1) is 5.82 Å². The van der Waals surface area contributed by atoms with Gasteiger partial charge in [0, 0.05) is 17.5 Å². The third kappa shape index (κ3) is 4.90. The van der Waals surface area contributed by atoms with Crippen LogP contribution in [0.5, 0.6) is 0 Å². The maximum Gasteiger partial charge on any atom is 0.233 e. The molecular formula is C19H17FN2OS2. The number of amides is 1. The van der Waals surface area contributed by atoms with Crippen LogP contribution in [-0.2, 0) is 11.3 Å². The number of hydrogen-bond acceptors (Lipinski definition) is 4. The summed E-state index contributed by atoms with van der Waals surface area (Å²) in [5.74, 6) is -0.345. The number of aromatic nitrogens is 1. The van der Waals surface area contributed by atoms with Crippen molar-refractivity contribution in [2.24, 2.45) is 0 Å². The van der Waals surface area contributed by atoms with E-state index in [-0.39, 0.29) is 17.0 Å². The van der Waals surface area contributed by atoms with Crippen LogP contribution in [0.15, 0.2) is 64.3 Å². The quantitative estimate of drug-likeness (QED) is 0.635. The van der Waals surface area contributed by atoms with Gasteiger partial charge in [0.15, 0.2) is 4.34 Å². The highest BCUT2D eigenvalue weighted by Gasteiger charge is 2.16. The summed E-state index contributed by atoms with van der Waals surface area (Å²) in [6.07, 6.45) is 0. The lowest BCUT2D eigenvalue weighted by Gasteiger charge is -2.10. The van der Waals surface area contributed by atoms with Gasteiger partial charge in [0.1, 0.15) is 5.82 Å². The van der Waals surface area contributed by atoms with E-state index in [2.05, 4.69) is 10.3 Å². The standard InChI is InChI=1S/C19H17FN2OS2/c1-13(18(23)21-11-14-7-9-16(20)10-8-14)25-19-22-17(12-24-19)15-5-3-2-4-6-15/h2-10,12-13H,11H2,1H3,(H,21,23)/t13-/m1/s1. The van der Waals surface area contributed by atoms with E-state index < -0.39 is 0 Å². The molecule has 1 atom stereocenters. The normalized spacial score (nSPS) is 11.9. The van der Waals surface area contributed by atoms with Gasteiger partial charge in [-0.05, 0) is 24.6 Å². The van der Waals surface area contributed by atoms with Gasteiger partial charge in [0.25, 0.3) is 0 Å². The van der Waals surface area contributed by atoms with Crippen molar-refractivity contribution in [3.63, 3.8) is 0 Å². The Balaban J connectivity index is 1.54. The van der Waals surface area contributed by atoms with Crippen LogP contribution in [0.3, 0.4) is 0 Å². The Labute approximate surface area is 154 Å². The highest BCUT2D eigenvalue weighted by molar-refractivity contribution is 8.02. The summed E-state index contributed by atoms with van der Waals surface area (Å²) in [5.41, 5.74) is 2.86. The largest absolute Gasteiger partial charge is 0.351 e. The first kappa shape index (κ1) is 17.6. The molecule has 1 aromatic heterocycles. The molecule has 3 nitrogen and oxygen atoms in total. The number of thioether (sulfide) groups is 1. The summed E-state index contributed by atoms with van der Waals surface area (Å²) in [4.78, 5) is 16.8. The van der Waals surface area contributed by atoms with Crippen LogP contribution in [-0.4, -0.2) is 16.1 Å². The molecule has 0 radical (unpaired) electrons. The molecule has 0 saturated heterocycles. The molecule has 0 aliphatic carbocycles. The molecule has 3 aromatic rings. The minimum Gasteiger partial charge on any atom is -0.351 e. The van der Waals surface area contributed by atoms with Gasteiger partial charge < -0.3 is 5.32 Å². The number of thiazole rings is 1. The van der Waals surface area contributed by atoms with E-state index in [9.17, 15) is 9.18 Å². The number of nitrogens with zero attached hydrogens (tertiary/aromatic N) is 1. The van der Waals surface area contributed by atoms with E-state index in [0.29, 0.717) is 6.54 Å². The molecule has 2 aromatic carbocycles. The van der Waals surface area contributed by atoms with Crippen LogP contribution in [0.4, 0.5) is 4.39 Å². The average Bonchev–Trinajstić information content (AvgIpc) is 3.10. The Morgan fingerprint density at radius 3 is 2.64 bits per heavy atom. The monoisotopic (exact) mass is 372 g/mol. The van der Waals surface area contributed by atoms with E-state index in [1.165, 1.54) is 35.2 Å². The number of rotatable bonds is 6. The van der Waals surface area contributed by atoms with E-state index in [0.717, 1.165) is 21.2 Å². The summed E-state index contributed by atoms with van der Waals surface area (Å²) in [5, 5.41) is 4.62. The van der Waals surface area contributed by atoms with Gasteiger partial charge in [-0.3, -0.25) is 4.79 Å². The molecular weight excluding hydrogens is 355 g/mol. The summed E-state index contributed by atoms with van der Waals surface area (Å²) in [6.45, 7) is 2.24. The van der Waals surface area contributed by atoms with Gasteiger partial charge >= 0.3 is 0 Å². The van der Waals surface area contributed by atoms with Gasteiger partial charge in [-0.1, -0.05) is 54.2 Å². The first-order valence-corrected chi connectivity index (χ1v) is 9.57. The second-order valence-corrected chi connectivity index (χ2v) is 7.92. The summed E-state index contributed by atoms with van der Waals surface area (Å²) >= 11 is 2.98. The average molecular weight is 372 g/mol. The number of nitrogens with one attached hydrogen (secondary N) is 1. The zero-order valence-electron chi connectivity index (χ0n) is 13.6. The number of carbonyl (C=O) groups excluding carboxylic acids is 1. The zero-order valence-corrected chi connectivity index (χ0v) is 15.2. The van der Waals surface area contributed by atoms with Gasteiger partial charge in [0.05, 0.1) is 10.9 Å². The molecule has 0 unspecified atom stereocenters. The maximum atomic E-state index is 12.9. The predicted octanol–water partition coefficient (Wildman–Crippen LogP) is 4.75. The Kier molecular flexibility index (Phi) is 5.83. The first-order chi connectivity index (χ1) is 12.1. The smallest absolute Gasteiger partial charge is 0.233 e. The Bertz CT molecular complexity index is 834. The molecule has 25 heavy (non-hydrogen) atoms. The van der Waals surface area contributed by atoms with E-state index >= 15 is 0 Å². The Hall–Kier alpha value is -2.18. The summed E-state index contributed by atoms with van der Waals surface area (Å²) in [7, 11) is 0. The lowest BCUT2D eigenvalue weighted by molar-refractivity contribution is -0.120. The molecule has 1 amide bonds. The fraction of sp³-hybridized carbons (Fsp3) is 0.158. The van der Waals surface area contributed by atoms with Crippen molar-refractivity contribution in [1.29, 1.82) is 0 Å². The summed E-state index contributed by atoms with van der Waals surface area (Å²) < 4.78 is 13.7. The van der Waals surface area contributed by atoms with Gasteiger partial charge in [-0.2, -0.15) is 0 Å². The van der Waals surface area contributed by atoms with Crippen LogP contribution < -0.4 is 5.32 Å². The number of halogens is 1. The van der Waals surface area contributed by atoms with Gasteiger partial charge in [-0.25, -0.2) is 9.37 Å². The third-order valence-electron chi connectivity index (χ3n) is 3.58. The van der Waals surface area contributed by atoms with Crippen LogP contribution >= 0.6 is 23.1 Å². The van der Waals surface area contributed by atoms with Crippen molar-refractivity contribution < 1.29 is 9.18 Å². The molecule has 6 heteroatoms. The fourth-order valence-electron chi connectivity index (χ4n) is 2.19. The second kappa shape index (κ2) is 8.27. The SMILES string of the molecule is C[C@@H](Sc1nc(-c2ccccc2)cs1)C(=O)NCc1ccc(F)cc1. The summed E-state index contributed by atoms with van der Waals surface area (Å²) in [6, 6.07) is 16.1. The molecule has 3 rings (SSSR count). The van der Waals surface area contributed by atoms with E-state index in [1.54, 1.807) is 12.1 Å². The van der Waals surface area contributed by atoms with Crippen molar-refractivity contribution in [3.05, 3.63) is 71.4 Å². The number of carbonyl (C=O) groups is 1. The number of benzene rings is 2. The maximum absolute atomic E-state index is 12.9. The first-order valence-electron chi connectivity index (χ1n) is 7.81. The lowest BCUT2D eigenvalue weighted by atomic mass is 10.2. The molecule has 0 bridgehead atoms. The third-order valence-corrected chi connectivity index (χ3v) is 5.65. The lowest BCUT2D eigenvalue weighted by Crippen LogP contribution is -2.30. The topological polar surface area (TPSA) is 42.0 Å². The van der Waals surface area contributed by atoms with Crippen molar-refractivity contribution in [2.75, 3.05) is 0 Å². The zero-order chi connectivity index (χ0) is 17.6. The molecule has 0 aliphatic rings. The molecule has 0 saturated carbocycles. The number of hydrogen-bond donors (Lipinski definition) is 1. The molecule has 1 N–H and O–H groups in total. The van der Waals surface area contributed by atoms with E-state index in [4.69, 9.17) is 0 Å². The van der Waals surface area contributed by atoms with Crippen LogP contribution in [0.1, 0.15) is 12.5 Å². The van der Waals surface area contributed by atoms with Crippen molar-refractivity contribution in [3.8, 4) is 11.3 Å². The van der Waals surface area contributed by atoms with Gasteiger partial charge in [0.2, 0.25) is 5.91 Å². The highest BCUT2D eigenvalue weighted by atomic mass is 32.2. The molecule has 1 heterocycles. The fourth-order valence-corrected chi connectivity index (χ4v) is 4.19. The molecule has 128 valence electrons. The van der Waals surface area contributed by atoms with Crippen molar-refractivity contribution in [2.45, 2.75) is 23.1 Å².